The lowest BCUT2D eigenvalue weighted by Crippen LogP contribution is -2.31. The van der Waals surface area contributed by atoms with E-state index in [-0.39, 0.29) is 5.41 Å². The van der Waals surface area contributed by atoms with Crippen molar-refractivity contribution < 1.29 is 0 Å². The van der Waals surface area contributed by atoms with Crippen molar-refractivity contribution in [1.29, 1.82) is 0 Å². The molecule has 1 aliphatic carbocycles. The summed E-state index contributed by atoms with van der Waals surface area (Å²) in [7, 11) is 0. The van der Waals surface area contributed by atoms with E-state index in [2.05, 4.69) is 78.3 Å². The Bertz CT molecular complexity index is 1010. The Balaban J connectivity index is 1.67. The number of hydrogen-bond acceptors (Lipinski definition) is 5. The summed E-state index contributed by atoms with van der Waals surface area (Å²) in [5, 5.41) is 21.8. The largest absolute Gasteiger partial charge is 0.281 e. The van der Waals surface area contributed by atoms with Crippen LogP contribution in [0.15, 0.2) is 60.8 Å². The normalized spacial score (nSPS) is 18.6. The Morgan fingerprint density at radius 2 is 1.85 bits per heavy atom. The number of H-pyrrole nitrogens is 2. The van der Waals surface area contributed by atoms with E-state index in [0.29, 0.717) is 11.5 Å². The zero-order chi connectivity index (χ0) is 17.4. The molecule has 0 fully saturated rings. The van der Waals surface area contributed by atoms with E-state index >= 15 is 0 Å². The lowest BCUT2D eigenvalue weighted by Gasteiger charge is -2.33. The summed E-state index contributed by atoms with van der Waals surface area (Å²) in [5.41, 5.74) is 4.57. The predicted octanol–water partition coefficient (Wildman–Crippen LogP) is 2.54. The summed E-state index contributed by atoms with van der Waals surface area (Å²) in [4.78, 5) is 4.66. The molecule has 7 nitrogen and oxygen atoms in total. The van der Waals surface area contributed by atoms with E-state index in [4.69, 9.17) is 0 Å². The average Bonchev–Trinajstić information content (AvgIpc) is 3.38. The Morgan fingerprint density at radius 3 is 2.62 bits per heavy atom. The molecule has 7 heteroatoms. The van der Waals surface area contributed by atoms with Crippen molar-refractivity contribution in [2.75, 3.05) is 0 Å². The molecule has 126 valence electrons. The number of tetrazole rings is 1. The second-order valence-corrected chi connectivity index (χ2v) is 6.26. The van der Waals surface area contributed by atoms with Crippen LogP contribution in [0.2, 0.25) is 0 Å². The van der Waals surface area contributed by atoms with Crippen molar-refractivity contribution in [3.63, 3.8) is 0 Å². The Kier molecular flexibility index (Phi) is 3.24. The van der Waals surface area contributed by atoms with Gasteiger partial charge in [0.15, 0.2) is 0 Å². The molecular formula is C19H15N7. The average molecular weight is 341 g/mol. The van der Waals surface area contributed by atoms with Gasteiger partial charge in [-0.05, 0) is 22.9 Å². The summed E-state index contributed by atoms with van der Waals surface area (Å²) in [6.45, 7) is 0. The summed E-state index contributed by atoms with van der Waals surface area (Å²) in [6, 6.07) is 16.4. The van der Waals surface area contributed by atoms with Gasteiger partial charge in [-0.25, -0.2) is 0 Å². The van der Waals surface area contributed by atoms with Crippen LogP contribution in [0.1, 0.15) is 22.5 Å². The van der Waals surface area contributed by atoms with Gasteiger partial charge in [0.1, 0.15) is 5.69 Å². The van der Waals surface area contributed by atoms with Crippen LogP contribution in [0, 0.1) is 0 Å². The van der Waals surface area contributed by atoms with Crippen molar-refractivity contribution in [2.45, 2.75) is 11.8 Å². The lowest BCUT2D eigenvalue weighted by atomic mass is 9.70. The molecule has 26 heavy (non-hydrogen) atoms. The number of allylic oxidation sites excluding steroid dienone is 1. The Hall–Kier alpha value is -3.61. The number of pyridine rings is 1. The van der Waals surface area contributed by atoms with Gasteiger partial charge in [0.05, 0.1) is 11.1 Å². The van der Waals surface area contributed by atoms with E-state index in [0.717, 1.165) is 23.4 Å². The molecule has 0 spiro atoms. The molecule has 0 amide bonds. The minimum Gasteiger partial charge on any atom is -0.281 e. The van der Waals surface area contributed by atoms with Crippen molar-refractivity contribution in [3.8, 4) is 11.5 Å². The van der Waals surface area contributed by atoms with Crippen molar-refractivity contribution in [3.05, 3.63) is 83.3 Å². The maximum Gasteiger partial charge on any atom is 0.225 e. The standard InChI is InChI=1S/C19H15N7/c1-2-6-13(7-3-1)19(16-8-4-5-11-20-16)10-9-14-15(12-19)21-22-17(14)18-23-25-26-24-18/h1-11H,12H2,(H,21,22)(H,23,24,25,26). The Morgan fingerprint density at radius 1 is 0.962 bits per heavy atom. The predicted molar refractivity (Wildman–Crippen MR) is 96.0 cm³/mol. The van der Waals surface area contributed by atoms with Gasteiger partial charge < -0.3 is 0 Å². The van der Waals surface area contributed by atoms with Gasteiger partial charge in [0, 0.05) is 23.9 Å². The zero-order valence-electron chi connectivity index (χ0n) is 13.8. The van der Waals surface area contributed by atoms with E-state index in [9.17, 15) is 0 Å². The van der Waals surface area contributed by atoms with Crippen LogP contribution in [-0.4, -0.2) is 35.8 Å². The second-order valence-electron chi connectivity index (χ2n) is 6.26. The molecule has 3 heterocycles. The lowest BCUT2D eigenvalue weighted by molar-refractivity contribution is 0.601. The molecule has 4 aromatic rings. The van der Waals surface area contributed by atoms with Crippen molar-refractivity contribution in [1.82, 2.24) is 35.8 Å². The van der Waals surface area contributed by atoms with Crippen LogP contribution >= 0.6 is 0 Å². The molecule has 0 saturated heterocycles. The molecule has 2 N–H and O–H groups in total. The SMILES string of the molecule is C1=CC(c2ccccc2)(c2ccccn2)Cc2[nH]nc(-c3nn[nH]n3)c21. The second kappa shape index (κ2) is 5.73. The quantitative estimate of drug-likeness (QED) is 0.597. The highest BCUT2D eigenvalue weighted by molar-refractivity contribution is 5.73. The highest BCUT2D eigenvalue weighted by Gasteiger charge is 2.37. The highest BCUT2D eigenvalue weighted by Crippen LogP contribution is 2.41. The number of fused-ring (bicyclic) bond motifs is 1. The van der Waals surface area contributed by atoms with Crippen molar-refractivity contribution >= 4 is 6.08 Å². The van der Waals surface area contributed by atoms with Gasteiger partial charge in [-0.15, -0.1) is 10.2 Å². The molecule has 0 radical (unpaired) electrons. The fourth-order valence-electron chi connectivity index (χ4n) is 3.58. The number of rotatable bonds is 3. The first-order valence-corrected chi connectivity index (χ1v) is 8.34. The third kappa shape index (κ3) is 2.17. The summed E-state index contributed by atoms with van der Waals surface area (Å²) >= 11 is 0. The van der Waals surface area contributed by atoms with Gasteiger partial charge in [0.2, 0.25) is 5.82 Å². The monoisotopic (exact) mass is 341 g/mol. The molecule has 5 rings (SSSR count). The number of aromatic amines is 2. The fraction of sp³-hybridized carbons (Fsp3) is 0.105. The van der Waals surface area contributed by atoms with Crippen LogP contribution in [0.5, 0.6) is 0 Å². The third-order valence-corrected chi connectivity index (χ3v) is 4.84. The molecule has 0 bridgehead atoms. The van der Waals surface area contributed by atoms with Crippen LogP contribution < -0.4 is 0 Å². The zero-order valence-corrected chi connectivity index (χ0v) is 13.8. The van der Waals surface area contributed by atoms with Crippen LogP contribution in [0.4, 0.5) is 0 Å². The van der Waals surface area contributed by atoms with Crippen LogP contribution in [-0.2, 0) is 11.8 Å². The molecule has 3 aromatic heterocycles. The minimum atomic E-state index is -0.351. The topological polar surface area (TPSA) is 96.0 Å². The van der Waals surface area contributed by atoms with Gasteiger partial charge in [-0.2, -0.15) is 10.3 Å². The van der Waals surface area contributed by atoms with E-state index < -0.39 is 0 Å². The first kappa shape index (κ1) is 14.7. The number of aromatic nitrogens is 7. The van der Waals surface area contributed by atoms with E-state index in [1.165, 1.54) is 5.56 Å². The van der Waals surface area contributed by atoms with E-state index in [1.807, 2.05) is 24.4 Å². The number of hydrogen-bond donors (Lipinski definition) is 2. The number of nitrogens with zero attached hydrogens (tertiary/aromatic N) is 5. The van der Waals surface area contributed by atoms with Gasteiger partial charge >= 0.3 is 0 Å². The van der Waals surface area contributed by atoms with Gasteiger partial charge in [0.25, 0.3) is 0 Å². The first-order valence-electron chi connectivity index (χ1n) is 8.34. The maximum atomic E-state index is 4.66. The summed E-state index contributed by atoms with van der Waals surface area (Å²) < 4.78 is 0. The molecule has 0 aliphatic heterocycles. The molecular weight excluding hydrogens is 326 g/mol. The Labute approximate surface area is 149 Å². The highest BCUT2D eigenvalue weighted by atomic mass is 15.5. The number of nitrogens with one attached hydrogen (secondary N) is 2. The maximum absolute atomic E-state index is 4.66. The fourth-order valence-corrected chi connectivity index (χ4v) is 3.58. The molecule has 0 saturated carbocycles. The summed E-state index contributed by atoms with van der Waals surface area (Å²) in [5.74, 6) is 0.484. The summed E-state index contributed by atoms with van der Waals surface area (Å²) in [6.07, 6.45) is 6.84. The smallest absolute Gasteiger partial charge is 0.225 e. The molecule has 1 aromatic carbocycles. The third-order valence-electron chi connectivity index (χ3n) is 4.84. The first-order chi connectivity index (χ1) is 12.9. The molecule has 1 atom stereocenters. The van der Waals surface area contributed by atoms with E-state index in [1.54, 1.807) is 0 Å². The number of benzene rings is 1. The van der Waals surface area contributed by atoms with Crippen LogP contribution in [0.3, 0.4) is 0 Å². The van der Waals surface area contributed by atoms with Gasteiger partial charge in [-0.3, -0.25) is 10.1 Å². The molecule has 1 unspecified atom stereocenters. The van der Waals surface area contributed by atoms with Crippen molar-refractivity contribution in [2.24, 2.45) is 0 Å². The minimum absolute atomic E-state index is 0.351. The van der Waals surface area contributed by atoms with Crippen LogP contribution in [0.25, 0.3) is 17.6 Å². The molecule has 1 aliphatic rings. The van der Waals surface area contributed by atoms with Gasteiger partial charge in [-0.1, -0.05) is 48.6 Å².